The smallest absolute Gasteiger partial charge is 0.234 e. The average molecular weight is 492 g/mol. The normalized spacial score (nSPS) is 17.2. The van der Waals surface area contributed by atoms with E-state index in [0.717, 1.165) is 63.7 Å². The van der Waals surface area contributed by atoms with E-state index >= 15 is 0 Å². The zero-order valence-corrected chi connectivity index (χ0v) is 19.9. The Morgan fingerprint density at radius 3 is 2.48 bits per heavy atom. The number of nitrogens with zero attached hydrogens (tertiary/aromatic N) is 4. The molecule has 10 heteroatoms. The summed E-state index contributed by atoms with van der Waals surface area (Å²) in [5, 5.41) is 11.9. The lowest BCUT2D eigenvalue weighted by molar-refractivity contribution is -0.137. The molecule has 0 radical (unpaired) electrons. The molecule has 2 aliphatic heterocycles. The quantitative estimate of drug-likeness (QED) is 0.609. The van der Waals surface area contributed by atoms with Crippen LogP contribution >= 0.6 is 23.4 Å². The minimum absolute atomic E-state index is 0.0834. The molecule has 0 atom stereocenters. The first kappa shape index (κ1) is 23.8. The number of likely N-dealkylation sites (tertiary alicyclic amines) is 1. The highest BCUT2D eigenvalue weighted by atomic mass is 35.5. The van der Waals surface area contributed by atoms with Crippen LogP contribution in [-0.4, -0.2) is 58.8 Å². The molecular weight excluding hydrogens is 465 g/mol. The van der Waals surface area contributed by atoms with Crippen LogP contribution in [0, 0.1) is 11.7 Å². The molecule has 0 spiro atoms. The molecule has 2 amide bonds. The lowest BCUT2D eigenvalue weighted by Crippen LogP contribution is -2.44. The van der Waals surface area contributed by atoms with E-state index in [-0.39, 0.29) is 28.3 Å². The minimum Gasteiger partial charge on any atom is -0.355 e. The first-order chi connectivity index (χ1) is 16.0. The van der Waals surface area contributed by atoms with Gasteiger partial charge in [-0.2, -0.15) is 0 Å². The van der Waals surface area contributed by atoms with Gasteiger partial charge < -0.3 is 15.1 Å². The van der Waals surface area contributed by atoms with E-state index in [2.05, 4.69) is 20.4 Å². The van der Waals surface area contributed by atoms with Crippen LogP contribution in [-0.2, 0) is 9.59 Å². The van der Waals surface area contributed by atoms with Crippen molar-refractivity contribution < 1.29 is 14.0 Å². The van der Waals surface area contributed by atoms with E-state index in [9.17, 15) is 14.0 Å². The number of thioether (sulfide) groups is 1. The molecule has 33 heavy (non-hydrogen) atoms. The van der Waals surface area contributed by atoms with Crippen LogP contribution in [0.4, 0.5) is 15.9 Å². The zero-order chi connectivity index (χ0) is 23.2. The predicted molar refractivity (Wildman–Crippen MR) is 128 cm³/mol. The molecule has 2 saturated heterocycles. The van der Waals surface area contributed by atoms with E-state index in [0.29, 0.717) is 10.9 Å². The largest absolute Gasteiger partial charge is 0.355 e. The Bertz CT molecular complexity index is 979. The van der Waals surface area contributed by atoms with Crippen molar-refractivity contribution in [3.05, 3.63) is 41.2 Å². The standard InChI is InChI=1S/C23H27ClFN5O2S/c24-17-4-5-19(18(25)14-17)26-21(31)15-33-22-7-6-20(27-28-22)29-12-8-16(9-13-29)23(32)30-10-2-1-3-11-30/h4-7,14,16H,1-3,8-13,15H2,(H,26,31). The van der Waals surface area contributed by atoms with Crippen LogP contribution in [0.25, 0.3) is 0 Å². The molecule has 0 saturated carbocycles. The highest BCUT2D eigenvalue weighted by Crippen LogP contribution is 2.26. The van der Waals surface area contributed by atoms with Gasteiger partial charge in [-0.1, -0.05) is 23.4 Å². The van der Waals surface area contributed by atoms with Crippen LogP contribution in [0.1, 0.15) is 32.1 Å². The van der Waals surface area contributed by atoms with Gasteiger partial charge in [-0.15, -0.1) is 10.2 Å². The van der Waals surface area contributed by atoms with E-state index in [1.165, 1.54) is 30.3 Å². The molecule has 0 unspecified atom stereocenters. The fraction of sp³-hybridized carbons (Fsp3) is 0.478. The van der Waals surface area contributed by atoms with Crippen molar-refractivity contribution in [3.63, 3.8) is 0 Å². The van der Waals surface area contributed by atoms with Crippen molar-refractivity contribution >= 4 is 46.7 Å². The monoisotopic (exact) mass is 491 g/mol. The van der Waals surface area contributed by atoms with Gasteiger partial charge in [0.05, 0.1) is 11.4 Å². The number of halogens is 2. The summed E-state index contributed by atoms with van der Waals surface area (Å²) in [4.78, 5) is 29.0. The van der Waals surface area contributed by atoms with Crippen molar-refractivity contribution in [2.45, 2.75) is 37.1 Å². The van der Waals surface area contributed by atoms with Crippen LogP contribution in [0.3, 0.4) is 0 Å². The second kappa shape index (κ2) is 11.2. The Kier molecular flexibility index (Phi) is 8.03. The molecule has 0 aliphatic carbocycles. The molecule has 2 fully saturated rings. The summed E-state index contributed by atoms with van der Waals surface area (Å²) in [6.07, 6.45) is 5.11. The second-order valence-corrected chi connectivity index (χ2v) is 9.77. The summed E-state index contributed by atoms with van der Waals surface area (Å²) < 4.78 is 13.8. The Balaban J connectivity index is 1.23. The highest BCUT2D eigenvalue weighted by molar-refractivity contribution is 7.99. The molecule has 1 N–H and O–H groups in total. The van der Waals surface area contributed by atoms with Crippen molar-refractivity contribution in [2.24, 2.45) is 5.92 Å². The summed E-state index contributed by atoms with van der Waals surface area (Å²) in [5.41, 5.74) is 0.0913. The summed E-state index contributed by atoms with van der Waals surface area (Å²) >= 11 is 6.95. The van der Waals surface area contributed by atoms with Crippen molar-refractivity contribution in [1.82, 2.24) is 15.1 Å². The molecule has 0 bridgehead atoms. The molecule has 1 aromatic carbocycles. The van der Waals surface area contributed by atoms with Gasteiger partial charge in [0, 0.05) is 37.1 Å². The average Bonchev–Trinajstić information content (AvgIpc) is 2.85. The Labute approximate surface area is 202 Å². The third-order valence-corrected chi connectivity index (χ3v) is 7.17. The van der Waals surface area contributed by atoms with E-state index in [1.807, 2.05) is 17.0 Å². The van der Waals surface area contributed by atoms with Crippen molar-refractivity contribution in [2.75, 3.05) is 42.1 Å². The minimum atomic E-state index is -0.577. The van der Waals surface area contributed by atoms with Crippen molar-refractivity contribution in [1.29, 1.82) is 0 Å². The first-order valence-corrected chi connectivity index (χ1v) is 12.6. The lowest BCUT2D eigenvalue weighted by Gasteiger charge is -2.35. The maximum absolute atomic E-state index is 13.8. The summed E-state index contributed by atoms with van der Waals surface area (Å²) in [6.45, 7) is 3.35. The fourth-order valence-electron chi connectivity index (χ4n) is 4.20. The first-order valence-electron chi connectivity index (χ1n) is 11.2. The summed E-state index contributed by atoms with van der Waals surface area (Å²) in [6, 6.07) is 7.82. The van der Waals surface area contributed by atoms with Crippen LogP contribution < -0.4 is 10.2 Å². The molecule has 2 aromatic rings. The van der Waals surface area contributed by atoms with E-state index < -0.39 is 5.82 Å². The molecular formula is C23H27ClFN5O2S. The number of carbonyl (C=O) groups excluding carboxylic acids is 2. The maximum atomic E-state index is 13.8. The SMILES string of the molecule is O=C(CSc1ccc(N2CCC(C(=O)N3CCCCC3)CC2)nn1)Nc1ccc(Cl)cc1F. The van der Waals surface area contributed by atoms with Crippen LogP contribution in [0.2, 0.25) is 5.02 Å². The van der Waals surface area contributed by atoms with Gasteiger partial charge >= 0.3 is 0 Å². The van der Waals surface area contributed by atoms with Crippen LogP contribution in [0.5, 0.6) is 0 Å². The molecule has 3 heterocycles. The van der Waals surface area contributed by atoms with Gasteiger partial charge in [0.25, 0.3) is 0 Å². The number of piperidine rings is 2. The highest BCUT2D eigenvalue weighted by Gasteiger charge is 2.29. The number of benzene rings is 1. The number of anilines is 2. The maximum Gasteiger partial charge on any atom is 0.234 e. The summed E-state index contributed by atoms with van der Waals surface area (Å²) in [5.74, 6) is 0.352. The Hall–Kier alpha value is -2.39. The number of amides is 2. The van der Waals surface area contributed by atoms with Gasteiger partial charge in [-0.25, -0.2) is 4.39 Å². The Morgan fingerprint density at radius 2 is 1.82 bits per heavy atom. The third-order valence-electron chi connectivity index (χ3n) is 6.02. The van der Waals surface area contributed by atoms with Gasteiger partial charge in [0.2, 0.25) is 11.8 Å². The van der Waals surface area contributed by atoms with Crippen LogP contribution in [0.15, 0.2) is 35.4 Å². The lowest BCUT2D eigenvalue weighted by atomic mass is 9.94. The number of rotatable bonds is 6. The molecule has 176 valence electrons. The number of nitrogens with one attached hydrogen (secondary N) is 1. The molecule has 2 aliphatic rings. The number of hydrogen-bond donors (Lipinski definition) is 1. The van der Waals surface area contributed by atoms with Gasteiger partial charge in [0.15, 0.2) is 5.82 Å². The van der Waals surface area contributed by atoms with E-state index in [4.69, 9.17) is 11.6 Å². The molecule has 7 nitrogen and oxygen atoms in total. The molecule has 1 aromatic heterocycles. The number of hydrogen-bond acceptors (Lipinski definition) is 6. The zero-order valence-electron chi connectivity index (χ0n) is 18.3. The number of aromatic nitrogens is 2. The van der Waals surface area contributed by atoms with E-state index in [1.54, 1.807) is 0 Å². The summed E-state index contributed by atoms with van der Waals surface area (Å²) in [7, 11) is 0. The predicted octanol–water partition coefficient (Wildman–Crippen LogP) is 4.23. The van der Waals surface area contributed by atoms with Gasteiger partial charge in [-0.05, 0) is 62.4 Å². The third kappa shape index (κ3) is 6.35. The number of carbonyl (C=O) groups is 2. The Morgan fingerprint density at radius 1 is 1.06 bits per heavy atom. The fourth-order valence-corrected chi connectivity index (χ4v) is 4.98. The molecule has 4 rings (SSSR count). The van der Waals surface area contributed by atoms with Crippen molar-refractivity contribution in [3.8, 4) is 0 Å². The van der Waals surface area contributed by atoms with Gasteiger partial charge in [-0.3, -0.25) is 9.59 Å². The second-order valence-electron chi connectivity index (χ2n) is 8.34. The van der Waals surface area contributed by atoms with Gasteiger partial charge in [0.1, 0.15) is 10.8 Å². The topological polar surface area (TPSA) is 78.4 Å².